The molecule has 1 aliphatic heterocycles. The van der Waals surface area contributed by atoms with Crippen molar-refractivity contribution in [1.29, 1.82) is 0 Å². The summed E-state index contributed by atoms with van der Waals surface area (Å²) in [4.78, 5) is 25.1. The normalized spacial score (nSPS) is 14.1. The molecule has 0 bridgehead atoms. The zero-order valence-electron chi connectivity index (χ0n) is 11.3. The number of nitrogens with two attached hydrogens (primary N) is 1. The topological polar surface area (TPSA) is 84.7 Å². The minimum absolute atomic E-state index is 0.0269. The molecule has 0 aromatic heterocycles. The summed E-state index contributed by atoms with van der Waals surface area (Å²) in [6.07, 6.45) is 2.08. The molecule has 1 heterocycles. The van der Waals surface area contributed by atoms with E-state index in [9.17, 15) is 9.59 Å². The van der Waals surface area contributed by atoms with Gasteiger partial charge in [-0.3, -0.25) is 9.59 Å². The number of anilines is 1. The second kappa shape index (κ2) is 6.79. The van der Waals surface area contributed by atoms with Gasteiger partial charge < -0.3 is 20.7 Å². The quantitative estimate of drug-likeness (QED) is 0.762. The first-order valence-electron chi connectivity index (χ1n) is 6.68. The predicted molar refractivity (Wildman–Crippen MR) is 75.2 cm³/mol. The van der Waals surface area contributed by atoms with Gasteiger partial charge in [0.2, 0.25) is 5.91 Å². The van der Waals surface area contributed by atoms with Gasteiger partial charge in [-0.2, -0.15) is 0 Å². The summed E-state index contributed by atoms with van der Waals surface area (Å²) in [6.45, 7) is 1.47. The Hall–Kier alpha value is -2.24. The van der Waals surface area contributed by atoms with E-state index in [-0.39, 0.29) is 25.0 Å². The van der Waals surface area contributed by atoms with Crippen LogP contribution in [0.15, 0.2) is 24.3 Å². The van der Waals surface area contributed by atoms with Gasteiger partial charge in [0, 0.05) is 24.8 Å². The van der Waals surface area contributed by atoms with Crippen molar-refractivity contribution in [2.75, 3.05) is 32.0 Å². The number of nitrogens with zero attached hydrogens (tertiary/aromatic N) is 1. The zero-order valence-corrected chi connectivity index (χ0v) is 11.3. The van der Waals surface area contributed by atoms with Gasteiger partial charge >= 0.3 is 0 Å². The predicted octanol–water partition coefficient (Wildman–Crippen LogP) is 0.386. The lowest BCUT2D eigenvalue weighted by molar-refractivity contribution is -0.132. The summed E-state index contributed by atoms with van der Waals surface area (Å²) in [7, 11) is 0. The van der Waals surface area contributed by atoms with Gasteiger partial charge in [-0.25, -0.2) is 0 Å². The maximum atomic E-state index is 11.7. The largest absolute Gasteiger partial charge is 0.484 e. The average Bonchev–Trinajstić information content (AvgIpc) is 2.97. The third-order valence-corrected chi connectivity index (χ3v) is 3.12. The highest BCUT2D eigenvalue weighted by Gasteiger charge is 2.18. The zero-order chi connectivity index (χ0) is 14.4. The molecule has 0 unspecified atom stereocenters. The number of nitrogens with one attached hydrogen (secondary N) is 1. The van der Waals surface area contributed by atoms with Crippen molar-refractivity contribution in [3.63, 3.8) is 0 Å². The monoisotopic (exact) mass is 277 g/mol. The van der Waals surface area contributed by atoms with Crippen LogP contribution >= 0.6 is 0 Å². The molecule has 0 spiro atoms. The van der Waals surface area contributed by atoms with E-state index < -0.39 is 0 Å². The van der Waals surface area contributed by atoms with Crippen LogP contribution in [0.2, 0.25) is 0 Å². The molecule has 1 aromatic carbocycles. The number of carbonyl (C=O) groups is 2. The molecule has 0 radical (unpaired) electrons. The Bertz CT molecular complexity index is 484. The van der Waals surface area contributed by atoms with E-state index in [4.69, 9.17) is 10.5 Å². The first kappa shape index (κ1) is 14.2. The molecular weight excluding hydrogens is 258 g/mol. The van der Waals surface area contributed by atoms with Crippen LogP contribution in [-0.2, 0) is 9.59 Å². The van der Waals surface area contributed by atoms with Crippen LogP contribution in [0.4, 0.5) is 5.69 Å². The maximum Gasteiger partial charge on any atom is 0.258 e. The smallest absolute Gasteiger partial charge is 0.258 e. The Morgan fingerprint density at radius 3 is 2.75 bits per heavy atom. The Balaban J connectivity index is 1.69. The van der Waals surface area contributed by atoms with Crippen LogP contribution in [0.3, 0.4) is 0 Å². The van der Waals surface area contributed by atoms with Gasteiger partial charge in [0.05, 0.1) is 6.54 Å². The van der Waals surface area contributed by atoms with E-state index in [1.807, 2.05) is 0 Å². The minimum Gasteiger partial charge on any atom is -0.484 e. The molecule has 20 heavy (non-hydrogen) atoms. The molecule has 108 valence electrons. The number of carbonyl (C=O) groups excluding carboxylic acids is 2. The molecule has 2 rings (SSSR count). The highest BCUT2D eigenvalue weighted by atomic mass is 16.5. The van der Waals surface area contributed by atoms with Crippen LogP contribution in [0, 0.1) is 0 Å². The van der Waals surface area contributed by atoms with E-state index in [0.717, 1.165) is 25.9 Å². The molecule has 1 fully saturated rings. The van der Waals surface area contributed by atoms with Crippen molar-refractivity contribution in [2.45, 2.75) is 12.8 Å². The van der Waals surface area contributed by atoms with E-state index in [1.165, 1.54) is 0 Å². The van der Waals surface area contributed by atoms with Crippen molar-refractivity contribution in [2.24, 2.45) is 0 Å². The minimum atomic E-state index is -0.319. The second-order valence-corrected chi connectivity index (χ2v) is 4.73. The van der Waals surface area contributed by atoms with Crippen LogP contribution < -0.4 is 15.8 Å². The highest BCUT2D eigenvalue weighted by molar-refractivity contribution is 5.85. The Kier molecular flexibility index (Phi) is 4.81. The molecule has 0 aliphatic carbocycles. The number of amides is 2. The number of rotatable bonds is 5. The SMILES string of the molecule is Nc1cccc(OCC(=O)NCC(=O)N2CCCC2)c1. The molecule has 0 atom stereocenters. The van der Waals surface area contributed by atoms with E-state index in [1.54, 1.807) is 29.2 Å². The van der Waals surface area contributed by atoms with Gasteiger partial charge in [0.25, 0.3) is 5.91 Å². The fourth-order valence-electron chi connectivity index (χ4n) is 2.06. The second-order valence-electron chi connectivity index (χ2n) is 4.73. The molecule has 1 saturated heterocycles. The molecular formula is C14H19N3O3. The van der Waals surface area contributed by atoms with Crippen molar-refractivity contribution < 1.29 is 14.3 Å². The third-order valence-electron chi connectivity index (χ3n) is 3.12. The lowest BCUT2D eigenvalue weighted by Gasteiger charge is -2.15. The van der Waals surface area contributed by atoms with Crippen molar-refractivity contribution >= 4 is 17.5 Å². The fourth-order valence-corrected chi connectivity index (χ4v) is 2.06. The maximum absolute atomic E-state index is 11.7. The summed E-state index contributed by atoms with van der Waals surface area (Å²) in [5.41, 5.74) is 6.18. The summed E-state index contributed by atoms with van der Waals surface area (Å²) in [5.74, 6) is 0.172. The number of likely N-dealkylation sites (tertiary alicyclic amines) is 1. The van der Waals surface area contributed by atoms with Crippen molar-refractivity contribution in [3.8, 4) is 5.75 Å². The molecule has 1 aliphatic rings. The number of benzene rings is 1. The summed E-state index contributed by atoms with van der Waals surface area (Å²) in [6, 6.07) is 6.85. The van der Waals surface area contributed by atoms with Crippen LogP contribution in [0.25, 0.3) is 0 Å². The summed E-state index contributed by atoms with van der Waals surface area (Å²) >= 11 is 0. The lowest BCUT2D eigenvalue weighted by Crippen LogP contribution is -2.40. The van der Waals surface area contributed by atoms with E-state index in [0.29, 0.717) is 11.4 Å². The highest BCUT2D eigenvalue weighted by Crippen LogP contribution is 2.14. The molecule has 0 saturated carbocycles. The Morgan fingerprint density at radius 2 is 2.05 bits per heavy atom. The van der Waals surface area contributed by atoms with E-state index in [2.05, 4.69) is 5.32 Å². The number of hydrogen-bond donors (Lipinski definition) is 2. The molecule has 6 heteroatoms. The van der Waals surface area contributed by atoms with Crippen LogP contribution in [0.5, 0.6) is 5.75 Å². The van der Waals surface area contributed by atoms with Gasteiger partial charge in [0.15, 0.2) is 6.61 Å². The summed E-state index contributed by atoms with van der Waals surface area (Å²) < 4.78 is 5.29. The lowest BCUT2D eigenvalue weighted by atomic mass is 10.3. The van der Waals surface area contributed by atoms with Crippen molar-refractivity contribution in [1.82, 2.24) is 10.2 Å². The van der Waals surface area contributed by atoms with Crippen LogP contribution in [-0.4, -0.2) is 43.0 Å². The molecule has 6 nitrogen and oxygen atoms in total. The van der Waals surface area contributed by atoms with Gasteiger partial charge in [-0.1, -0.05) is 6.07 Å². The van der Waals surface area contributed by atoms with Gasteiger partial charge in [0.1, 0.15) is 5.75 Å². The fraction of sp³-hybridized carbons (Fsp3) is 0.429. The summed E-state index contributed by atoms with van der Waals surface area (Å²) in [5, 5.41) is 2.56. The van der Waals surface area contributed by atoms with E-state index >= 15 is 0 Å². The number of nitrogen functional groups attached to an aromatic ring is 1. The number of hydrogen-bond acceptors (Lipinski definition) is 4. The standard InChI is InChI=1S/C14H19N3O3/c15-11-4-3-5-12(8-11)20-10-13(18)16-9-14(19)17-6-1-2-7-17/h3-5,8H,1-2,6-7,9-10,15H2,(H,16,18). The first-order valence-corrected chi connectivity index (χ1v) is 6.68. The third kappa shape index (κ3) is 4.15. The molecule has 1 aromatic rings. The van der Waals surface area contributed by atoms with Crippen molar-refractivity contribution in [3.05, 3.63) is 24.3 Å². The van der Waals surface area contributed by atoms with Gasteiger partial charge in [-0.15, -0.1) is 0 Å². The average molecular weight is 277 g/mol. The van der Waals surface area contributed by atoms with Gasteiger partial charge in [-0.05, 0) is 25.0 Å². The first-order chi connectivity index (χ1) is 9.65. The Morgan fingerprint density at radius 1 is 1.30 bits per heavy atom. The Labute approximate surface area is 117 Å². The molecule has 2 amide bonds. The van der Waals surface area contributed by atoms with Crippen LogP contribution in [0.1, 0.15) is 12.8 Å². The molecule has 3 N–H and O–H groups in total. The number of ether oxygens (including phenoxy) is 1.